The first-order valence-electron chi connectivity index (χ1n) is 16.4. The molecular weight excluding hydrogens is 625 g/mol. The molecule has 0 amide bonds. The summed E-state index contributed by atoms with van der Waals surface area (Å²) in [6.07, 6.45) is 0. The summed E-state index contributed by atoms with van der Waals surface area (Å²) in [7, 11) is 0. The van der Waals surface area contributed by atoms with Crippen LogP contribution in [0.5, 0.6) is 0 Å². The normalized spacial score (nSPS) is 14.9. The van der Waals surface area contributed by atoms with Gasteiger partial charge in [-0.1, -0.05) is 99.5 Å². The lowest BCUT2D eigenvalue weighted by Crippen LogP contribution is -2.15. The number of rotatable bonds is 4. The molecule has 230 valence electrons. The molecular formula is C44H36S3. The molecule has 0 bridgehead atoms. The van der Waals surface area contributed by atoms with Crippen molar-refractivity contribution in [3.8, 4) is 62.6 Å². The Morgan fingerprint density at radius 3 is 1.02 bits per heavy atom. The smallest absolute Gasteiger partial charge is 0.0449 e. The first-order valence-corrected chi connectivity index (χ1v) is 18.9. The van der Waals surface area contributed by atoms with Gasteiger partial charge in [-0.05, 0) is 118 Å². The number of aryl methyl sites for hydroxylation is 2. The van der Waals surface area contributed by atoms with Crippen LogP contribution in [0.1, 0.15) is 61.1 Å². The second-order valence-corrected chi connectivity index (χ2v) is 17.6. The number of hydrogen-bond donors (Lipinski definition) is 0. The van der Waals surface area contributed by atoms with E-state index in [0.717, 1.165) is 0 Å². The van der Waals surface area contributed by atoms with Crippen molar-refractivity contribution < 1.29 is 0 Å². The Morgan fingerprint density at radius 2 is 0.638 bits per heavy atom. The molecule has 4 aromatic carbocycles. The fraction of sp³-hybridized carbons (Fsp3) is 0.182. The topological polar surface area (TPSA) is 0 Å². The van der Waals surface area contributed by atoms with Crippen molar-refractivity contribution in [3.63, 3.8) is 0 Å². The lowest BCUT2D eigenvalue weighted by molar-refractivity contribution is 0.660. The second-order valence-electron chi connectivity index (χ2n) is 14.4. The van der Waals surface area contributed by atoms with Gasteiger partial charge in [0.2, 0.25) is 0 Å². The highest BCUT2D eigenvalue weighted by molar-refractivity contribution is 7.27. The molecule has 7 aromatic rings. The highest BCUT2D eigenvalue weighted by atomic mass is 32.1. The largest absolute Gasteiger partial charge is 0.134 e. The standard InChI is InChI=1S/C44H36S3/c1-25-7-11-29-31-13-9-27(23-35(31)43(3,4)33(29)21-25)37-15-17-39(45-37)41-19-20-42(47-41)40-18-16-38(46-40)28-10-14-32-30-12-8-26(2)22-34(30)44(5,6)36(32)24-28/h7-24H,1-6H3. The average molecular weight is 661 g/mol. The summed E-state index contributed by atoms with van der Waals surface area (Å²) in [5.74, 6) is 0. The number of thiophene rings is 3. The van der Waals surface area contributed by atoms with Gasteiger partial charge in [0, 0.05) is 40.1 Å². The highest BCUT2D eigenvalue weighted by Gasteiger charge is 2.37. The molecule has 3 heteroatoms. The van der Waals surface area contributed by atoms with E-state index in [-0.39, 0.29) is 10.8 Å². The Hall–Kier alpha value is -4.02. The van der Waals surface area contributed by atoms with Crippen LogP contribution in [0, 0.1) is 13.8 Å². The molecule has 0 saturated heterocycles. The maximum atomic E-state index is 2.44. The summed E-state index contributed by atoms with van der Waals surface area (Å²) in [6, 6.07) is 41.8. The Kier molecular flexibility index (Phi) is 6.35. The monoisotopic (exact) mass is 660 g/mol. The molecule has 3 aromatic heterocycles. The van der Waals surface area contributed by atoms with Crippen LogP contribution in [-0.4, -0.2) is 0 Å². The zero-order valence-electron chi connectivity index (χ0n) is 27.6. The van der Waals surface area contributed by atoms with Gasteiger partial charge in [-0.3, -0.25) is 0 Å². The summed E-state index contributed by atoms with van der Waals surface area (Å²) in [4.78, 5) is 8.00. The van der Waals surface area contributed by atoms with Crippen LogP contribution in [0.2, 0.25) is 0 Å². The van der Waals surface area contributed by atoms with E-state index in [1.165, 1.54) is 96.0 Å². The van der Waals surface area contributed by atoms with Gasteiger partial charge < -0.3 is 0 Å². The van der Waals surface area contributed by atoms with E-state index >= 15 is 0 Å². The zero-order valence-corrected chi connectivity index (χ0v) is 30.1. The van der Waals surface area contributed by atoms with Crippen LogP contribution in [0.3, 0.4) is 0 Å². The van der Waals surface area contributed by atoms with Crippen molar-refractivity contribution >= 4 is 34.0 Å². The van der Waals surface area contributed by atoms with Gasteiger partial charge in [0.05, 0.1) is 0 Å². The molecule has 0 fully saturated rings. The van der Waals surface area contributed by atoms with Crippen LogP contribution in [0.4, 0.5) is 0 Å². The molecule has 0 saturated carbocycles. The van der Waals surface area contributed by atoms with Crippen LogP contribution >= 0.6 is 34.0 Å². The van der Waals surface area contributed by atoms with E-state index in [0.29, 0.717) is 0 Å². The third-order valence-electron chi connectivity index (χ3n) is 10.5. The van der Waals surface area contributed by atoms with Gasteiger partial charge in [-0.15, -0.1) is 34.0 Å². The number of fused-ring (bicyclic) bond motifs is 6. The minimum atomic E-state index is 0.00905. The van der Waals surface area contributed by atoms with Crippen molar-refractivity contribution in [3.05, 3.63) is 143 Å². The second kappa shape index (κ2) is 10.2. The minimum Gasteiger partial charge on any atom is -0.134 e. The van der Waals surface area contributed by atoms with E-state index in [9.17, 15) is 0 Å². The van der Waals surface area contributed by atoms with Gasteiger partial charge in [0.15, 0.2) is 0 Å². The van der Waals surface area contributed by atoms with E-state index in [2.05, 4.69) is 151 Å². The van der Waals surface area contributed by atoms with Gasteiger partial charge >= 0.3 is 0 Å². The first-order chi connectivity index (χ1) is 22.6. The maximum absolute atomic E-state index is 2.44. The quantitative estimate of drug-likeness (QED) is 0.176. The van der Waals surface area contributed by atoms with E-state index < -0.39 is 0 Å². The van der Waals surface area contributed by atoms with Crippen LogP contribution < -0.4 is 0 Å². The van der Waals surface area contributed by atoms with Crippen molar-refractivity contribution in [1.82, 2.24) is 0 Å². The fourth-order valence-corrected chi connectivity index (χ4v) is 11.1. The summed E-state index contributed by atoms with van der Waals surface area (Å²) in [5, 5.41) is 0. The number of benzene rings is 4. The van der Waals surface area contributed by atoms with Gasteiger partial charge in [0.25, 0.3) is 0 Å². The molecule has 0 N–H and O–H groups in total. The van der Waals surface area contributed by atoms with Gasteiger partial charge in [-0.25, -0.2) is 0 Å². The van der Waals surface area contributed by atoms with Crippen LogP contribution in [0.25, 0.3) is 62.6 Å². The summed E-state index contributed by atoms with van der Waals surface area (Å²) in [6.45, 7) is 13.9. The van der Waals surface area contributed by atoms with Gasteiger partial charge in [0.1, 0.15) is 0 Å². The lowest BCUT2D eigenvalue weighted by Gasteiger charge is -2.22. The molecule has 0 atom stereocenters. The van der Waals surface area contributed by atoms with E-state index in [1.54, 1.807) is 0 Å². The zero-order chi connectivity index (χ0) is 32.2. The lowest BCUT2D eigenvalue weighted by atomic mass is 9.81. The average Bonchev–Trinajstić information content (AvgIpc) is 3.89. The number of hydrogen-bond acceptors (Lipinski definition) is 3. The third kappa shape index (κ3) is 4.44. The Balaban J connectivity index is 0.982. The van der Waals surface area contributed by atoms with E-state index in [4.69, 9.17) is 0 Å². The molecule has 47 heavy (non-hydrogen) atoms. The molecule has 9 rings (SSSR count). The van der Waals surface area contributed by atoms with Crippen LogP contribution in [0.15, 0.2) is 109 Å². The highest BCUT2D eigenvalue weighted by Crippen LogP contribution is 2.52. The first kappa shape index (κ1) is 29.1. The molecule has 0 aliphatic heterocycles. The summed E-state index contributed by atoms with van der Waals surface area (Å²) >= 11 is 5.71. The molecule has 0 radical (unpaired) electrons. The Labute approximate surface area is 290 Å². The van der Waals surface area contributed by atoms with Crippen molar-refractivity contribution in [2.75, 3.05) is 0 Å². The SMILES string of the molecule is Cc1ccc2c(c1)C(C)(C)c1cc(-c3ccc(-c4ccc(-c5ccc(-c6ccc7c(c6)C(C)(C)c6cc(C)ccc6-7)s5)s4)s3)ccc1-2. The van der Waals surface area contributed by atoms with Crippen molar-refractivity contribution in [1.29, 1.82) is 0 Å². The Bertz CT molecular complexity index is 2220. The molecule has 2 aliphatic carbocycles. The third-order valence-corrected chi connectivity index (χ3v) is 14.3. The Morgan fingerprint density at radius 1 is 0.340 bits per heavy atom. The summed E-state index contributed by atoms with van der Waals surface area (Å²) < 4.78 is 0. The molecule has 2 aliphatic rings. The van der Waals surface area contributed by atoms with E-state index in [1.807, 2.05) is 34.0 Å². The van der Waals surface area contributed by atoms with Gasteiger partial charge in [-0.2, -0.15) is 0 Å². The predicted octanol–water partition coefficient (Wildman–Crippen LogP) is 13.8. The summed E-state index contributed by atoms with van der Waals surface area (Å²) in [5.41, 5.74) is 16.6. The molecule has 0 spiro atoms. The molecule has 3 heterocycles. The molecule has 0 nitrogen and oxygen atoms in total. The fourth-order valence-electron chi connectivity index (χ4n) is 7.86. The molecule has 0 unspecified atom stereocenters. The predicted molar refractivity (Wildman–Crippen MR) is 206 cm³/mol. The minimum absolute atomic E-state index is 0.00905. The van der Waals surface area contributed by atoms with Crippen molar-refractivity contribution in [2.24, 2.45) is 0 Å². The van der Waals surface area contributed by atoms with Crippen LogP contribution in [-0.2, 0) is 10.8 Å². The maximum Gasteiger partial charge on any atom is 0.0449 e. The van der Waals surface area contributed by atoms with Crippen molar-refractivity contribution in [2.45, 2.75) is 52.4 Å².